The summed E-state index contributed by atoms with van der Waals surface area (Å²) in [6, 6.07) is 23.1. The number of benzene rings is 4. The summed E-state index contributed by atoms with van der Waals surface area (Å²) in [6.45, 7) is 0.994. The first-order valence-electron chi connectivity index (χ1n) is 9.15. The molecule has 5 heteroatoms. The zero-order valence-corrected chi connectivity index (χ0v) is 16.7. The van der Waals surface area contributed by atoms with E-state index in [-0.39, 0.29) is 28.3 Å². The van der Waals surface area contributed by atoms with E-state index in [9.17, 15) is 10.2 Å². The van der Waals surface area contributed by atoms with Gasteiger partial charge in [0, 0.05) is 51.1 Å². The molecule has 0 heterocycles. The molecule has 0 bridgehead atoms. The summed E-state index contributed by atoms with van der Waals surface area (Å²) in [6.07, 6.45) is 3.34. The molecule has 4 rings (SSSR count). The molecule has 0 spiro atoms. The van der Waals surface area contributed by atoms with Crippen LogP contribution in [-0.4, -0.2) is 35.7 Å². The number of nitrogens with zero attached hydrogens (tertiary/aromatic N) is 2. The van der Waals surface area contributed by atoms with Crippen LogP contribution < -0.4 is 0 Å². The van der Waals surface area contributed by atoms with Gasteiger partial charge >= 0.3 is 0 Å². The summed E-state index contributed by atoms with van der Waals surface area (Å²) in [7, 11) is 0. The Bertz CT molecular complexity index is 1110. The van der Waals surface area contributed by atoms with Gasteiger partial charge in [-0.15, -0.1) is 0 Å². The average Bonchev–Trinajstić information content (AvgIpc) is 2.74. The van der Waals surface area contributed by atoms with Gasteiger partial charge in [-0.25, -0.2) is 0 Å². The van der Waals surface area contributed by atoms with Crippen LogP contribution in [0, 0.1) is 0 Å². The third kappa shape index (κ3) is 4.47. The van der Waals surface area contributed by atoms with Gasteiger partial charge in [-0.05, 0) is 22.9 Å². The van der Waals surface area contributed by atoms with E-state index in [1.54, 1.807) is 12.4 Å². The Morgan fingerprint density at radius 3 is 1.45 bits per heavy atom. The van der Waals surface area contributed by atoms with E-state index in [2.05, 4.69) is 9.98 Å². The molecule has 0 aliphatic carbocycles. The van der Waals surface area contributed by atoms with Crippen molar-refractivity contribution >= 4 is 34.0 Å². The van der Waals surface area contributed by atoms with Crippen molar-refractivity contribution in [2.24, 2.45) is 9.98 Å². The molecule has 0 saturated heterocycles. The van der Waals surface area contributed by atoms with E-state index in [1.165, 1.54) is 0 Å². The molecule has 0 saturated carbocycles. The van der Waals surface area contributed by atoms with E-state index in [0.717, 1.165) is 21.5 Å². The molecule has 0 atom stereocenters. The largest absolute Gasteiger partial charge is 0.507 e. The molecule has 4 nitrogen and oxygen atoms in total. The number of aromatic hydroxyl groups is 2. The van der Waals surface area contributed by atoms with Gasteiger partial charge in [0.2, 0.25) is 0 Å². The molecule has 0 aliphatic heterocycles. The number of fused-ring (bicyclic) bond motifs is 2. The third-order valence-corrected chi connectivity index (χ3v) is 4.68. The van der Waals surface area contributed by atoms with Crippen LogP contribution in [0.5, 0.6) is 11.5 Å². The molecule has 0 fully saturated rings. The van der Waals surface area contributed by atoms with E-state index < -0.39 is 0 Å². The summed E-state index contributed by atoms with van der Waals surface area (Å²) in [5.74, 6) is 0.484. The average molecular weight is 427 g/mol. The van der Waals surface area contributed by atoms with Crippen molar-refractivity contribution in [2.45, 2.75) is 0 Å². The second-order valence-electron chi connectivity index (χ2n) is 6.52. The minimum absolute atomic E-state index is 0. The number of phenols is 2. The van der Waals surface area contributed by atoms with Gasteiger partial charge in [0.25, 0.3) is 0 Å². The monoisotopic (exact) mass is 427 g/mol. The first-order chi connectivity index (χ1) is 13.7. The van der Waals surface area contributed by atoms with Gasteiger partial charge in [0.1, 0.15) is 11.5 Å². The van der Waals surface area contributed by atoms with Crippen LogP contribution in [0.3, 0.4) is 0 Å². The van der Waals surface area contributed by atoms with Crippen molar-refractivity contribution < 1.29 is 27.0 Å². The quantitative estimate of drug-likeness (QED) is 0.350. The Labute approximate surface area is 179 Å². The van der Waals surface area contributed by atoms with Crippen LogP contribution in [0.4, 0.5) is 0 Å². The minimum Gasteiger partial charge on any atom is -0.507 e. The molecule has 0 aliphatic rings. The topological polar surface area (TPSA) is 65.2 Å². The molecule has 2 N–H and O–H groups in total. The molecule has 0 amide bonds. The van der Waals surface area contributed by atoms with E-state index >= 15 is 0 Å². The smallest absolute Gasteiger partial charge is 0.132 e. The molecule has 29 heavy (non-hydrogen) atoms. The fraction of sp³-hybridized carbons (Fsp3) is 0.0833. The van der Waals surface area contributed by atoms with Gasteiger partial charge in [-0.1, -0.05) is 60.7 Å². The number of rotatable bonds is 5. The summed E-state index contributed by atoms with van der Waals surface area (Å²) >= 11 is 0. The number of aliphatic imine (C=N–C) groups is 2. The van der Waals surface area contributed by atoms with Crippen LogP contribution in [0.1, 0.15) is 11.1 Å². The first kappa shape index (κ1) is 20.6. The Hall–Kier alpha value is -3.15. The third-order valence-electron chi connectivity index (χ3n) is 4.68. The van der Waals surface area contributed by atoms with Crippen molar-refractivity contribution in [2.75, 3.05) is 13.1 Å². The fourth-order valence-corrected chi connectivity index (χ4v) is 3.19. The van der Waals surface area contributed by atoms with Crippen LogP contribution in [0.2, 0.25) is 0 Å². The van der Waals surface area contributed by atoms with Crippen LogP contribution in [0.15, 0.2) is 82.8 Å². The Kier molecular flexibility index (Phi) is 6.64. The predicted molar refractivity (Wildman–Crippen MR) is 116 cm³/mol. The number of hydrogen-bond donors (Lipinski definition) is 2. The molecule has 4 aromatic carbocycles. The normalized spacial score (nSPS) is 11.4. The van der Waals surface area contributed by atoms with E-state index in [4.69, 9.17) is 0 Å². The van der Waals surface area contributed by atoms with E-state index in [1.807, 2.05) is 72.8 Å². The van der Waals surface area contributed by atoms with Gasteiger partial charge in [-0.3, -0.25) is 9.98 Å². The second-order valence-corrected chi connectivity index (χ2v) is 6.52. The van der Waals surface area contributed by atoms with Crippen molar-refractivity contribution in [3.8, 4) is 11.5 Å². The van der Waals surface area contributed by atoms with Crippen LogP contribution >= 0.6 is 0 Å². The summed E-state index contributed by atoms with van der Waals surface area (Å²) in [5.41, 5.74) is 1.38. The van der Waals surface area contributed by atoms with Crippen molar-refractivity contribution in [3.05, 3.63) is 83.9 Å². The van der Waals surface area contributed by atoms with Gasteiger partial charge < -0.3 is 10.2 Å². The Balaban J connectivity index is 0.00000240. The van der Waals surface area contributed by atoms with Crippen molar-refractivity contribution in [1.82, 2.24) is 0 Å². The minimum atomic E-state index is 0. The van der Waals surface area contributed by atoms with Crippen molar-refractivity contribution in [1.29, 1.82) is 0 Å². The maximum Gasteiger partial charge on any atom is 0.132 e. The van der Waals surface area contributed by atoms with Gasteiger partial charge in [0.15, 0.2) is 0 Å². The Morgan fingerprint density at radius 2 is 1.00 bits per heavy atom. The van der Waals surface area contributed by atoms with E-state index in [0.29, 0.717) is 24.2 Å². The predicted octanol–water partition coefficient (Wildman–Crippen LogP) is 4.94. The number of phenolic OH excluding ortho intramolecular Hbond substituents is 2. The first-order valence-corrected chi connectivity index (χ1v) is 9.15. The molecule has 147 valence electrons. The zero-order valence-electron chi connectivity index (χ0n) is 15.6. The standard InChI is InChI=1S/C24H20N2O2.Co/c27-23-19(11-9-17-5-1-3-7-21(17)23)15-25-13-14-26-16-20-12-10-18-6-2-4-8-22(18)24(20)28;/h1-12,15-16,27-28H,13-14H2;. The summed E-state index contributed by atoms with van der Waals surface area (Å²) in [5, 5.41) is 24.4. The molecule has 0 aromatic heterocycles. The molecule has 0 unspecified atom stereocenters. The maximum atomic E-state index is 10.4. The SMILES string of the molecule is Oc1c(C=NCCN=Cc2ccc3ccccc3c2O)ccc2ccccc12.[Co]. The molecular weight excluding hydrogens is 407 g/mol. The molecule has 1 radical (unpaired) electrons. The van der Waals surface area contributed by atoms with Crippen LogP contribution in [0.25, 0.3) is 21.5 Å². The molecular formula is C24H20CoN2O2. The summed E-state index contributed by atoms with van der Waals surface area (Å²) in [4.78, 5) is 8.70. The van der Waals surface area contributed by atoms with Crippen LogP contribution in [-0.2, 0) is 16.8 Å². The molecule has 4 aromatic rings. The van der Waals surface area contributed by atoms with Gasteiger partial charge in [0.05, 0.1) is 13.1 Å². The summed E-state index contributed by atoms with van der Waals surface area (Å²) < 4.78 is 0. The number of hydrogen-bond acceptors (Lipinski definition) is 4. The fourth-order valence-electron chi connectivity index (χ4n) is 3.19. The zero-order chi connectivity index (χ0) is 19.3. The Morgan fingerprint density at radius 1 is 0.586 bits per heavy atom. The van der Waals surface area contributed by atoms with Gasteiger partial charge in [-0.2, -0.15) is 0 Å². The second kappa shape index (κ2) is 9.36. The van der Waals surface area contributed by atoms with Crippen molar-refractivity contribution in [3.63, 3.8) is 0 Å². The maximum absolute atomic E-state index is 10.4.